The molecule has 0 aliphatic carbocycles. The maximum atomic E-state index is 13.0. The van der Waals surface area contributed by atoms with Crippen LogP contribution in [0.5, 0.6) is 5.75 Å². The van der Waals surface area contributed by atoms with Gasteiger partial charge in [-0.1, -0.05) is 17.7 Å². The molecular weight excluding hydrogens is 400 g/mol. The Morgan fingerprint density at radius 3 is 2.37 bits per heavy atom. The average molecular weight is 431 g/mol. The standard InChI is InChI=1S/C23H30N2O4S/c1-5-29-22-9-7-20(15-18(22)4)30(27,28)25-12-10-19(11-13-25)23(26)24-21-8-6-16(2)14-17(21)3/h6-9,14-15,19H,5,10-13H2,1-4H3,(H,24,26). The van der Waals surface area contributed by atoms with Gasteiger partial charge in [0.05, 0.1) is 11.5 Å². The monoisotopic (exact) mass is 430 g/mol. The number of anilines is 1. The fourth-order valence-electron chi connectivity index (χ4n) is 3.80. The first-order valence-electron chi connectivity index (χ1n) is 10.3. The molecule has 0 unspecified atom stereocenters. The number of carbonyl (C=O) groups excluding carboxylic acids is 1. The van der Waals surface area contributed by atoms with Crippen LogP contribution in [-0.2, 0) is 14.8 Å². The van der Waals surface area contributed by atoms with Crippen molar-refractivity contribution < 1.29 is 17.9 Å². The van der Waals surface area contributed by atoms with E-state index in [0.717, 1.165) is 22.4 Å². The summed E-state index contributed by atoms with van der Waals surface area (Å²) in [5.74, 6) is 0.452. The maximum Gasteiger partial charge on any atom is 0.243 e. The molecule has 0 spiro atoms. The van der Waals surface area contributed by atoms with Crippen LogP contribution >= 0.6 is 0 Å². The van der Waals surface area contributed by atoms with Crippen molar-refractivity contribution in [2.24, 2.45) is 5.92 Å². The molecule has 3 rings (SSSR count). The molecule has 7 heteroatoms. The first-order chi connectivity index (χ1) is 14.2. The van der Waals surface area contributed by atoms with Gasteiger partial charge in [0.15, 0.2) is 0 Å². The SMILES string of the molecule is CCOc1ccc(S(=O)(=O)N2CCC(C(=O)Nc3ccc(C)cc3C)CC2)cc1C. The maximum absolute atomic E-state index is 13.0. The third-order valence-corrected chi connectivity index (χ3v) is 7.44. The summed E-state index contributed by atoms with van der Waals surface area (Å²) >= 11 is 0. The van der Waals surface area contributed by atoms with E-state index in [-0.39, 0.29) is 16.7 Å². The Kier molecular flexibility index (Phi) is 6.83. The lowest BCUT2D eigenvalue weighted by molar-refractivity contribution is -0.120. The number of ether oxygens (including phenoxy) is 1. The molecular formula is C23H30N2O4S. The Morgan fingerprint density at radius 1 is 1.07 bits per heavy atom. The number of nitrogens with zero attached hydrogens (tertiary/aromatic N) is 1. The Morgan fingerprint density at radius 2 is 1.77 bits per heavy atom. The molecule has 0 atom stereocenters. The lowest BCUT2D eigenvalue weighted by atomic mass is 9.97. The molecule has 0 radical (unpaired) electrons. The van der Waals surface area contributed by atoms with Crippen LogP contribution in [0.25, 0.3) is 0 Å². The Hall–Kier alpha value is -2.38. The molecule has 162 valence electrons. The smallest absolute Gasteiger partial charge is 0.243 e. The number of benzene rings is 2. The predicted octanol–water partition coefficient (Wildman–Crippen LogP) is 4.05. The average Bonchev–Trinajstić information content (AvgIpc) is 2.71. The molecule has 0 aromatic heterocycles. The molecule has 0 saturated carbocycles. The van der Waals surface area contributed by atoms with Crippen LogP contribution in [0.4, 0.5) is 5.69 Å². The summed E-state index contributed by atoms with van der Waals surface area (Å²) in [7, 11) is -3.59. The van der Waals surface area contributed by atoms with Crippen LogP contribution in [0.3, 0.4) is 0 Å². The summed E-state index contributed by atoms with van der Waals surface area (Å²) in [6.07, 6.45) is 1.01. The lowest BCUT2D eigenvalue weighted by Crippen LogP contribution is -2.41. The van der Waals surface area contributed by atoms with Gasteiger partial charge >= 0.3 is 0 Å². The van der Waals surface area contributed by atoms with E-state index in [1.165, 1.54) is 4.31 Å². The van der Waals surface area contributed by atoms with Gasteiger partial charge < -0.3 is 10.1 Å². The summed E-state index contributed by atoms with van der Waals surface area (Å²) in [4.78, 5) is 12.9. The zero-order chi connectivity index (χ0) is 21.9. The van der Waals surface area contributed by atoms with E-state index in [2.05, 4.69) is 5.32 Å². The van der Waals surface area contributed by atoms with Crippen molar-refractivity contribution in [2.45, 2.75) is 45.4 Å². The molecule has 1 aliphatic rings. The second-order valence-electron chi connectivity index (χ2n) is 7.85. The van der Waals surface area contributed by atoms with E-state index in [0.29, 0.717) is 38.3 Å². The topological polar surface area (TPSA) is 75.7 Å². The third kappa shape index (κ3) is 4.84. The number of carbonyl (C=O) groups is 1. The van der Waals surface area contributed by atoms with Crippen LogP contribution in [0.1, 0.15) is 36.5 Å². The summed E-state index contributed by atoms with van der Waals surface area (Å²) in [5.41, 5.74) is 3.77. The second kappa shape index (κ2) is 9.18. The van der Waals surface area contributed by atoms with E-state index >= 15 is 0 Å². The highest BCUT2D eigenvalue weighted by Crippen LogP contribution is 2.28. The fourth-order valence-corrected chi connectivity index (χ4v) is 5.35. The van der Waals surface area contributed by atoms with Gasteiger partial charge in [0, 0.05) is 24.7 Å². The number of hydrogen-bond donors (Lipinski definition) is 1. The largest absolute Gasteiger partial charge is 0.494 e. The van der Waals surface area contributed by atoms with Gasteiger partial charge in [0.25, 0.3) is 0 Å². The van der Waals surface area contributed by atoms with Crippen molar-refractivity contribution in [1.82, 2.24) is 4.31 Å². The van der Waals surface area contributed by atoms with Crippen LogP contribution in [0.2, 0.25) is 0 Å². The van der Waals surface area contributed by atoms with Gasteiger partial charge in [-0.2, -0.15) is 4.31 Å². The molecule has 2 aromatic carbocycles. The minimum absolute atomic E-state index is 0.0455. The molecule has 1 saturated heterocycles. The Bertz CT molecular complexity index is 1030. The number of aryl methyl sites for hydroxylation is 3. The van der Waals surface area contributed by atoms with Crippen LogP contribution < -0.4 is 10.1 Å². The van der Waals surface area contributed by atoms with Gasteiger partial charge in [-0.15, -0.1) is 0 Å². The minimum atomic E-state index is -3.59. The highest BCUT2D eigenvalue weighted by Gasteiger charge is 2.32. The number of hydrogen-bond acceptors (Lipinski definition) is 4. The number of piperidine rings is 1. The summed E-state index contributed by atoms with van der Waals surface area (Å²) in [6.45, 7) is 8.92. The van der Waals surface area contributed by atoms with Crippen LogP contribution in [-0.4, -0.2) is 38.3 Å². The van der Waals surface area contributed by atoms with Gasteiger partial charge in [-0.3, -0.25) is 4.79 Å². The molecule has 1 aliphatic heterocycles. The molecule has 1 heterocycles. The van der Waals surface area contributed by atoms with E-state index in [9.17, 15) is 13.2 Å². The Balaban J connectivity index is 1.64. The van der Waals surface area contributed by atoms with Crippen molar-refractivity contribution in [1.29, 1.82) is 0 Å². The lowest BCUT2D eigenvalue weighted by Gasteiger charge is -2.30. The minimum Gasteiger partial charge on any atom is -0.494 e. The zero-order valence-corrected chi connectivity index (χ0v) is 18.9. The summed E-state index contributed by atoms with van der Waals surface area (Å²) < 4.78 is 33.1. The highest BCUT2D eigenvalue weighted by molar-refractivity contribution is 7.89. The van der Waals surface area contributed by atoms with Crippen LogP contribution in [0.15, 0.2) is 41.3 Å². The molecule has 1 amide bonds. The first kappa shape index (κ1) is 22.3. The molecule has 1 fully saturated rings. The summed E-state index contributed by atoms with van der Waals surface area (Å²) in [5, 5.41) is 3.00. The molecule has 0 bridgehead atoms. The van der Waals surface area contributed by atoms with Crippen molar-refractivity contribution >= 4 is 21.6 Å². The van der Waals surface area contributed by atoms with Gasteiger partial charge in [-0.25, -0.2) is 8.42 Å². The van der Waals surface area contributed by atoms with Gasteiger partial charge in [-0.05, 0) is 75.9 Å². The molecule has 2 aromatic rings. The number of sulfonamides is 1. The van der Waals surface area contributed by atoms with Crippen molar-refractivity contribution in [2.75, 3.05) is 25.0 Å². The predicted molar refractivity (Wildman–Crippen MR) is 118 cm³/mol. The van der Waals surface area contributed by atoms with E-state index in [4.69, 9.17) is 4.74 Å². The van der Waals surface area contributed by atoms with Crippen LogP contribution in [0, 0.1) is 26.7 Å². The molecule has 30 heavy (non-hydrogen) atoms. The number of amides is 1. The quantitative estimate of drug-likeness (QED) is 0.750. The van der Waals surface area contributed by atoms with E-state index in [1.54, 1.807) is 18.2 Å². The fraction of sp³-hybridized carbons (Fsp3) is 0.435. The summed E-state index contributed by atoms with van der Waals surface area (Å²) in [6, 6.07) is 10.9. The number of nitrogens with one attached hydrogen (secondary N) is 1. The van der Waals surface area contributed by atoms with E-state index in [1.807, 2.05) is 45.9 Å². The molecule has 6 nitrogen and oxygen atoms in total. The Labute approximate surface area is 179 Å². The number of rotatable bonds is 6. The normalized spacial score (nSPS) is 15.7. The first-order valence-corrected chi connectivity index (χ1v) is 11.8. The zero-order valence-electron chi connectivity index (χ0n) is 18.1. The van der Waals surface area contributed by atoms with Gasteiger partial charge in [0.1, 0.15) is 5.75 Å². The highest BCUT2D eigenvalue weighted by atomic mass is 32.2. The van der Waals surface area contributed by atoms with Crippen molar-refractivity contribution in [3.8, 4) is 5.75 Å². The second-order valence-corrected chi connectivity index (χ2v) is 9.78. The van der Waals surface area contributed by atoms with Crippen molar-refractivity contribution in [3.05, 3.63) is 53.1 Å². The van der Waals surface area contributed by atoms with E-state index < -0.39 is 10.0 Å². The van der Waals surface area contributed by atoms with Gasteiger partial charge in [0.2, 0.25) is 15.9 Å². The third-order valence-electron chi connectivity index (χ3n) is 5.55. The van der Waals surface area contributed by atoms with Crippen molar-refractivity contribution in [3.63, 3.8) is 0 Å². The molecule has 1 N–H and O–H groups in total.